The predicted molar refractivity (Wildman–Crippen MR) is 100 cm³/mol. The molecule has 0 saturated carbocycles. The Morgan fingerprint density at radius 3 is 2.43 bits per heavy atom. The fourth-order valence-electron chi connectivity index (χ4n) is 2.36. The van der Waals surface area contributed by atoms with Crippen molar-refractivity contribution in [1.29, 1.82) is 0 Å². The number of nitrogens with zero attached hydrogens (tertiary/aromatic N) is 1. The molecule has 21 heavy (non-hydrogen) atoms. The second kappa shape index (κ2) is 9.86. The van der Waals surface area contributed by atoms with Crippen molar-refractivity contribution in [3.8, 4) is 0 Å². The lowest BCUT2D eigenvalue weighted by Gasteiger charge is -2.19. The average Bonchev–Trinajstić information content (AvgIpc) is 2.71. The molecule has 2 N–H and O–H groups in total. The molecule has 0 spiro atoms. The highest BCUT2D eigenvalue weighted by atomic mass is 127. The minimum absolute atomic E-state index is 0. The summed E-state index contributed by atoms with van der Waals surface area (Å²) in [5.74, 6) is 2.32. The molecule has 5 nitrogen and oxygen atoms in total. The van der Waals surface area contributed by atoms with Crippen LogP contribution < -0.4 is 10.6 Å². The summed E-state index contributed by atoms with van der Waals surface area (Å²) in [6.45, 7) is 7.27. The number of hydrogen-bond donors (Lipinski definition) is 2. The van der Waals surface area contributed by atoms with E-state index in [-0.39, 0.29) is 29.9 Å². The van der Waals surface area contributed by atoms with Gasteiger partial charge in [-0.1, -0.05) is 13.8 Å². The predicted octanol–water partition coefficient (Wildman–Crippen LogP) is 2.03. The number of halogens is 1. The zero-order valence-corrected chi connectivity index (χ0v) is 16.7. The van der Waals surface area contributed by atoms with Gasteiger partial charge in [-0.05, 0) is 38.0 Å². The Kier molecular flexibility index (Phi) is 9.84. The van der Waals surface area contributed by atoms with Crippen LogP contribution in [-0.4, -0.2) is 45.5 Å². The number of rotatable bonds is 6. The summed E-state index contributed by atoms with van der Waals surface area (Å²) in [7, 11) is -1.05. The third kappa shape index (κ3) is 8.85. The van der Waals surface area contributed by atoms with Crippen molar-refractivity contribution in [3.63, 3.8) is 0 Å². The molecule has 1 aliphatic rings. The summed E-state index contributed by atoms with van der Waals surface area (Å²) < 4.78 is 22.8. The van der Waals surface area contributed by atoms with Crippen molar-refractivity contribution < 1.29 is 8.42 Å². The monoisotopic (exact) mass is 431 g/mol. The van der Waals surface area contributed by atoms with Gasteiger partial charge in [0.2, 0.25) is 0 Å². The van der Waals surface area contributed by atoms with Crippen LogP contribution in [0.2, 0.25) is 0 Å². The Balaban J connectivity index is 0.00000400. The zero-order chi connectivity index (χ0) is 15.2. The quantitative estimate of drug-likeness (QED) is 0.384. The average molecular weight is 431 g/mol. The van der Waals surface area contributed by atoms with E-state index in [4.69, 9.17) is 0 Å². The smallest absolute Gasteiger partial charge is 0.191 e. The lowest BCUT2D eigenvalue weighted by Crippen LogP contribution is -2.44. The van der Waals surface area contributed by atoms with Gasteiger partial charge in [-0.15, -0.1) is 24.0 Å². The first-order chi connectivity index (χ1) is 9.32. The first-order valence-corrected chi connectivity index (χ1v) is 9.32. The fourth-order valence-corrected chi connectivity index (χ4v) is 4.22. The van der Waals surface area contributed by atoms with Gasteiger partial charge in [0.25, 0.3) is 0 Å². The van der Waals surface area contributed by atoms with Crippen LogP contribution in [0.25, 0.3) is 0 Å². The Morgan fingerprint density at radius 1 is 1.29 bits per heavy atom. The molecule has 1 rings (SSSR count). The van der Waals surface area contributed by atoms with Crippen LogP contribution in [0.4, 0.5) is 0 Å². The normalized spacial score (nSPS) is 22.7. The molecule has 2 atom stereocenters. The zero-order valence-electron chi connectivity index (χ0n) is 13.6. The molecule has 0 bridgehead atoms. The van der Waals surface area contributed by atoms with Crippen LogP contribution in [0.3, 0.4) is 0 Å². The number of nitrogens with one attached hydrogen (secondary N) is 2. The Hall–Kier alpha value is -0.0500. The molecule has 0 amide bonds. The number of aliphatic imine (C=N–C) groups is 1. The van der Waals surface area contributed by atoms with Crippen molar-refractivity contribution in [2.75, 3.05) is 25.1 Å². The van der Waals surface area contributed by atoms with Gasteiger partial charge < -0.3 is 10.6 Å². The number of hydrogen-bond acceptors (Lipinski definition) is 3. The molecule has 0 aromatic carbocycles. The molecule has 7 heteroatoms. The fraction of sp³-hybridized carbons (Fsp3) is 0.929. The van der Waals surface area contributed by atoms with E-state index in [2.05, 4.69) is 36.4 Å². The number of guanidine groups is 1. The first-order valence-electron chi connectivity index (χ1n) is 7.50. The van der Waals surface area contributed by atoms with Crippen molar-refractivity contribution in [2.45, 2.75) is 46.1 Å². The van der Waals surface area contributed by atoms with E-state index in [1.165, 1.54) is 6.42 Å². The van der Waals surface area contributed by atoms with Crippen molar-refractivity contribution in [3.05, 3.63) is 0 Å². The highest BCUT2D eigenvalue weighted by molar-refractivity contribution is 14.0. The lowest BCUT2D eigenvalue weighted by molar-refractivity contribution is 0.486. The standard InChI is InChI=1S/C14H29N3O2S.HI/c1-11(2)5-6-12(3)17-14(15-4)16-9-13-7-8-20(18,19)10-13;/h11-13H,5-10H2,1-4H3,(H2,15,16,17);1H. The highest BCUT2D eigenvalue weighted by Crippen LogP contribution is 2.17. The van der Waals surface area contributed by atoms with Gasteiger partial charge in [-0.2, -0.15) is 0 Å². The van der Waals surface area contributed by atoms with E-state index in [0.29, 0.717) is 30.0 Å². The summed E-state index contributed by atoms with van der Waals surface area (Å²) in [6, 6.07) is 0.371. The van der Waals surface area contributed by atoms with Gasteiger partial charge in [0, 0.05) is 19.6 Å². The second-order valence-corrected chi connectivity index (χ2v) is 8.47. The minimum Gasteiger partial charge on any atom is -0.356 e. The molecule has 1 aliphatic heterocycles. The van der Waals surface area contributed by atoms with E-state index >= 15 is 0 Å². The molecule has 1 fully saturated rings. The lowest BCUT2D eigenvalue weighted by atomic mass is 10.0. The molecule has 0 aliphatic carbocycles. The molecular weight excluding hydrogens is 401 g/mol. The van der Waals surface area contributed by atoms with E-state index in [9.17, 15) is 8.42 Å². The van der Waals surface area contributed by atoms with Gasteiger partial charge in [-0.3, -0.25) is 4.99 Å². The van der Waals surface area contributed by atoms with Gasteiger partial charge in [0.05, 0.1) is 11.5 Å². The summed E-state index contributed by atoms with van der Waals surface area (Å²) in [4.78, 5) is 4.20. The Bertz CT molecular complexity index is 424. The minimum atomic E-state index is -2.79. The molecular formula is C14H30IN3O2S. The maximum absolute atomic E-state index is 11.4. The summed E-state index contributed by atoms with van der Waals surface area (Å²) in [5, 5.41) is 6.60. The van der Waals surface area contributed by atoms with Crippen LogP contribution in [0, 0.1) is 11.8 Å². The van der Waals surface area contributed by atoms with Crippen LogP contribution in [-0.2, 0) is 9.84 Å². The number of sulfone groups is 1. The third-order valence-electron chi connectivity index (χ3n) is 3.67. The highest BCUT2D eigenvalue weighted by Gasteiger charge is 2.27. The summed E-state index contributed by atoms with van der Waals surface area (Å²) in [6.07, 6.45) is 3.05. The maximum Gasteiger partial charge on any atom is 0.191 e. The van der Waals surface area contributed by atoms with Gasteiger partial charge in [0.15, 0.2) is 15.8 Å². The van der Waals surface area contributed by atoms with E-state index in [0.717, 1.165) is 18.8 Å². The van der Waals surface area contributed by atoms with Crippen molar-refractivity contribution in [1.82, 2.24) is 10.6 Å². The first kappa shape index (κ1) is 20.9. The van der Waals surface area contributed by atoms with Crippen LogP contribution in [0.15, 0.2) is 4.99 Å². The summed E-state index contributed by atoms with van der Waals surface area (Å²) in [5.41, 5.74) is 0. The van der Waals surface area contributed by atoms with Crippen LogP contribution >= 0.6 is 24.0 Å². The van der Waals surface area contributed by atoms with Crippen molar-refractivity contribution in [2.24, 2.45) is 16.8 Å². The molecule has 2 unspecified atom stereocenters. The van der Waals surface area contributed by atoms with Crippen molar-refractivity contribution >= 4 is 39.8 Å². The molecule has 1 heterocycles. The van der Waals surface area contributed by atoms with Gasteiger partial charge >= 0.3 is 0 Å². The van der Waals surface area contributed by atoms with E-state index in [1.807, 2.05) is 0 Å². The third-order valence-corrected chi connectivity index (χ3v) is 5.51. The molecule has 126 valence electrons. The van der Waals surface area contributed by atoms with E-state index in [1.54, 1.807) is 7.05 Å². The topological polar surface area (TPSA) is 70.6 Å². The molecule has 1 saturated heterocycles. The van der Waals surface area contributed by atoms with E-state index < -0.39 is 9.84 Å². The SMILES string of the molecule is CN=C(NCC1CCS(=O)(=O)C1)NC(C)CCC(C)C.I. The van der Waals surface area contributed by atoms with Crippen LogP contribution in [0.5, 0.6) is 0 Å². The second-order valence-electron chi connectivity index (χ2n) is 6.24. The van der Waals surface area contributed by atoms with Gasteiger partial charge in [-0.25, -0.2) is 8.42 Å². The largest absolute Gasteiger partial charge is 0.356 e. The summed E-state index contributed by atoms with van der Waals surface area (Å²) >= 11 is 0. The maximum atomic E-state index is 11.4. The molecule has 0 radical (unpaired) electrons. The Morgan fingerprint density at radius 2 is 1.95 bits per heavy atom. The van der Waals surface area contributed by atoms with Crippen LogP contribution in [0.1, 0.15) is 40.0 Å². The molecule has 0 aromatic heterocycles. The molecule has 0 aromatic rings. The Labute approximate surface area is 146 Å². The van der Waals surface area contributed by atoms with Gasteiger partial charge in [0.1, 0.15) is 0 Å².